The average molecular weight is 377 g/mol. The maximum atomic E-state index is 12.9. The molecule has 0 spiro atoms. The number of hydrogen-bond donors (Lipinski definition) is 0. The molecule has 1 aromatic heterocycles. The molecule has 4 rings (SSSR count). The quantitative estimate of drug-likeness (QED) is 0.804. The maximum Gasteiger partial charge on any atom is 0.255 e. The first kappa shape index (κ1) is 18.7. The van der Waals surface area contributed by atoms with E-state index in [1.54, 1.807) is 6.20 Å². The van der Waals surface area contributed by atoms with Crippen molar-refractivity contribution in [2.75, 3.05) is 50.7 Å². The van der Waals surface area contributed by atoms with Crippen molar-refractivity contribution in [1.29, 1.82) is 0 Å². The minimum Gasteiger partial charge on any atom is -0.370 e. The molecule has 0 unspecified atom stereocenters. The normalized spacial score (nSPS) is 18.1. The molecule has 5 heteroatoms. The van der Waals surface area contributed by atoms with Gasteiger partial charge in [-0.25, -0.2) is 0 Å². The lowest BCUT2D eigenvalue weighted by Crippen LogP contribution is -2.48. The number of nitrogens with zero attached hydrogens (tertiary/aromatic N) is 4. The number of carbonyl (C=O) groups excluding carboxylic acids is 1. The van der Waals surface area contributed by atoms with E-state index in [1.165, 1.54) is 18.4 Å². The van der Waals surface area contributed by atoms with Gasteiger partial charge in [-0.15, -0.1) is 0 Å². The molecule has 1 aromatic carbocycles. The van der Waals surface area contributed by atoms with Crippen LogP contribution in [0.15, 0.2) is 54.9 Å². The van der Waals surface area contributed by atoms with Crippen molar-refractivity contribution >= 4 is 17.7 Å². The van der Waals surface area contributed by atoms with E-state index >= 15 is 0 Å². The fourth-order valence-corrected chi connectivity index (χ4v) is 3.91. The number of anilines is 1. The largest absolute Gasteiger partial charge is 0.370 e. The molecule has 3 heterocycles. The van der Waals surface area contributed by atoms with Crippen LogP contribution in [0.5, 0.6) is 0 Å². The van der Waals surface area contributed by atoms with Crippen molar-refractivity contribution in [3.8, 4) is 0 Å². The number of hydrogen-bond acceptors (Lipinski definition) is 4. The summed E-state index contributed by atoms with van der Waals surface area (Å²) in [5, 5.41) is 0. The minimum absolute atomic E-state index is 0.105. The number of rotatable bonds is 5. The Morgan fingerprint density at radius 2 is 1.71 bits per heavy atom. The predicted molar refractivity (Wildman–Crippen MR) is 114 cm³/mol. The van der Waals surface area contributed by atoms with Gasteiger partial charge in [0, 0.05) is 52.0 Å². The molecule has 2 aliphatic heterocycles. The Morgan fingerprint density at radius 1 is 0.964 bits per heavy atom. The zero-order valence-electron chi connectivity index (χ0n) is 16.3. The van der Waals surface area contributed by atoms with E-state index in [0.29, 0.717) is 5.56 Å². The third-order valence-corrected chi connectivity index (χ3v) is 5.57. The number of amides is 1. The molecule has 28 heavy (non-hydrogen) atoms. The summed E-state index contributed by atoms with van der Waals surface area (Å²) in [6.07, 6.45) is 10.4. The summed E-state index contributed by atoms with van der Waals surface area (Å²) in [6, 6.07) is 12.4. The summed E-state index contributed by atoms with van der Waals surface area (Å²) in [5.41, 5.74) is 3.01. The van der Waals surface area contributed by atoms with E-state index in [4.69, 9.17) is 0 Å². The Kier molecular flexibility index (Phi) is 6.02. The first-order valence-electron chi connectivity index (χ1n) is 10.2. The lowest BCUT2D eigenvalue weighted by atomic mass is 10.2. The second-order valence-corrected chi connectivity index (χ2v) is 7.53. The lowest BCUT2D eigenvalue weighted by molar-refractivity contribution is 0.0650. The van der Waals surface area contributed by atoms with Crippen LogP contribution < -0.4 is 4.90 Å². The Labute approximate surface area is 167 Å². The molecular formula is C23H28N4O. The van der Waals surface area contributed by atoms with Crippen LogP contribution in [0, 0.1) is 0 Å². The van der Waals surface area contributed by atoms with Gasteiger partial charge in [-0.05, 0) is 24.5 Å². The highest BCUT2D eigenvalue weighted by atomic mass is 16.2. The summed E-state index contributed by atoms with van der Waals surface area (Å²) in [6.45, 7) is 6.40. The summed E-state index contributed by atoms with van der Waals surface area (Å²) < 4.78 is 0. The number of aromatic nitrogens is 1. The fourth-order valence-electron chi connectivity index (χ4n) is 3.91. The fraction of sp³-hybridized carbons (Fsp3) is 0.391. The van der Waals surface area contributed by atoms with Gasteiger partial charge in [0.1, 0.15) is 0 Å². The predicted octanol–water partition coefficient (Wildman–Crippen LogP) is 3.15. The summed E-state index contributed by atoms with van der Waals surface area (Å²) in [5.74, 6) is 0.105. The maximum absolute atomic E-state index is 12.9. The Morgan fingerprint density at radius 3 is 2.46 bits per heavy atom. The van der Waals surface area contributed by atoms with Crippen molar-refractivity contribution in [2.45, 2.75) is 12.8 Å². The SMILES string of the molecule is O=C(c1cncc(N2CCCC2)c1)N1CCN(C/C=C/c2ccccc2)CC1. The highest BCUT2D eigenvalue weighted by molar-refractivity contribution is 5.94. The summed E-state index contributed by atoms with van der Waals surface area (Å²) in [4.78, 5) is 23.9. The first-order chi connectivity index (χ1) is 13.8. The van der Waals surface area contributed by atoms with E-state index in [1.807, 2.05) is 23.2 Å². The lowest BCUT2D eigenvalue weighted by Gasteiger charge is -2.34. The monoisotopic (exact) mass is 376 g/mol. The highest BCUT2D eigenvalue weighted by Gasteiger charge is 2.23. The molecule has 2 fully saturated rings. The molecule has 0 saturated carbocycles. The van der Waals surface area contributed by atoms with Gasteiger partial charge in [-0.1, -0.05) is 42.5 Å². The third kappa shape index (κ3) is 4.60. The molecule has 0 bridgehead atoms. The molecule has 146 valence electrons. The second-order valence-electron chi connectivity index (χ2n) is 7.53. The molecule has 0 aliphatic carbocycles. The van der Waals surface area contributed by atoms with Gasteiger partial charge in [-0.2, -0.15) is 0 Å². The number of benzene rings is 1. The molecule has 2 aliphatic rings. The van der Waals surface area contributed by atoms with E-state index in [-0.39, 0.29) is 5.91 Å². The van der Waals surface area contributed by atoms with E-state index < -0.39 is 0 Å². The van der Waals surface area contributed by atoms with Gasteiger partial charge in [-0.3, -0.25) is 14.7 Å². The Balaban J connectivity index is 1.29. The number of pyridine rings is 1. The first-order valence-corrected chi connectivity index (χ1v) is 10.2. The highest BCUT2D eigenvalue weighted by Crippen LogP contribution is 2.21. The smallest absolute Gasteiger partial charge is 0.255 e. The Hall–Kier alpha value is -2.66. The van der Waals surface area contributed by atoms with Gasteiger partial charge in [0.15, 0.2) is 0 Å². The molecule has 1 amide bonds. The molecule has 0 radical (unpaired) electrons. The molecule has 2 aromatic rings. The summed E-state index contributed by atoms with van der Waals surface area (Å²) >= 11 is 0. The van der Waals surface area contributed by atoms with Crippen LogP contribution in [0.1, 0.15) is 28.8 Å². The van der Waals surface area contributed by atoms with Crippen molar-refractivity contribution in [2.24, 2.45) is 0 Å². The van der Waals surface area contributed by atoms with E-state index in [9.17, 15) is 4.79 Å². The third-order valence-electron chi connectivity index (χ3n) is 5.57. The Bertz CT molecular complexity index is 806. The minimum atomic E-state index is 0.105. The molecule has 5 nitrogen and oxygen atoms in total. The standard InChI is InChI=1S/C23H28N4O/c28-23(21-17-22(19-24-18-21)26-11-4-5-12-26)27-15-13-25(14-16-27)10-6-9-20-7-2-1-3-8-20/h1-3,6-9,17-19H,4-5,10-16H2/b9-6+. The van der Waals surface area contributed by atoms with Crippen LogP contribution in [-0.4, -0.2) is 66.5 Å². The van der Waals surface area contributed by atoms with Crippen LogP contribution in [0.3, 0.4) is 0 Å². The summed E-state index contributed by atoms with van der Waals surface area (Å²) in [7, 11) is 0. The topological polar surface area (TPSA) is 39.7 Å². The van der Waals surface area contributed by atoms with Gasteiger partial charge in [0.05, 0.1) is 17.4 Å². The van der Waals surface area contributed by atoms with Gasteiger partial charge in [0.25, 0.3) is 5.91 Å². The van der Waals surface area contributed by atoms with E-state index in [0.717, 1.165) is 51.5 Å². The second kappa shape index (κ2) is 9.02. The van der Waals surface area contributed by atoms with Gasteiger partial charge < -0.3 is 9.80 Å². The van der Waals surface area contributed by atoms with Crippen LogP contribution in [-0.2, 0) is 0 Å². The van der Waals surface area contributed by atoms with Crippen LogP contribution in [0.4, 0.5) is 5.69 Å². The van der Waals surface area contributed by atoms with Crippen molar-refractivity contribution in [1.82, 2.24) is 14.8 Å². The zero-order valence-corrected chi connectivity index (χ0v) is 16.3. The molecule has 0 atom stereocenters. The molecule has 0 N–H and O–H groups in total. The van der Waals surface area contributed by atoms with Crippen molar-refractivity contribution in [3.63, 3.8) is 0 Å². The van der Waals surface area contributed by atoms with Crippen molar-refractivity contribution in [3.05, 3.63) is 66.0 Å². The van der Waals surface area contributed by atoms with Crippen molar-refractivity contribution < 1.29 is 4.79 Å². The van der Waals surface area contributed by atoms with Gasteiger partial charge in [0.2, 0.25) is 0 Å². The average Bonchev–Trinajstić information content (AvgIpc) is 3.30. The molecule has 2 saturated heterocycles. The van der Waals surface area contributed by atoms with Crippen LogP contribution >= 0.6 is 0 Å². The number of piperazine rings is 1. The molecular weight excluding hydrogens is 348 g/mol. The zero-order chi connectivity index (χ0) is 19.2. The van der Waals surface area contributed by atoms with Crippen LogP contribution in [0.25, 0.3) is 6.08 Å². The van der Waals surface area contributed by atoms with Gasteiger partial charge >= 0.3 is 0 Å². The van der Waals surface area contributed by atoms with E-state index in [2.05, 4.69) is 51.2 Å². The van der Waals surface area contributed by atoms with Crippen LogP contribution in [0.2, 0.25) is 0 Å². The number of carbonyl (C=O) groups is 1.